The minimum absolute atomic E-state index is 0.0117. The third kappa shape index (κ3) is 2.83. The second-order valence-electron chi connectivity index (χ2n) is 6.79. The van der Waals surface area contributed by atoms with Crippen LogP contribution in [0.4, 0.5) is 0 Å². The smallest absolute Gasteiger partial charge is 0.312 e. The van der Waals surface area contributed by atoms with Crippen molar-refractivity contribution >= 4 is 17.8 Å². The first-order valence-electron chi connectivity index (χ1n) is 7.87. The van der Waals surface area contributed by atoms with Crippen molar-refractivity contribution in [1.82, 2.24) is 4.90 Å². The van der Waals surface area contributed by atoms with Crippen molar-refractivity contribution in [3.8, 4) is 0 Å². The molecule has 5 heteroatoms. The number of carbonyl (C=O) groups excluding carboxylic acids is 3. The summed E-state index contributed by atoms with van der Waals surface area (Å²) >= 11 is 0. The average Bonchev–Trinajstić information content (AvgIpc) is 2.46. The molecule has 2 rings (SSSR count). The molecular formula is C16H25NO4. The minimum atomic E-state index is -0.893. The Morgan fingerprint density at radius 1 is 1.33 bits per heavy atom. The molecule has 118 valence electrons. The number of imide groups is 1. The van der Waals surface area contributed by atoms with Gasteiger partial charge in [-0.15, -0.1) is 0 Å². The molecule has 1 saturated carbocycles. The summed E-state index contributed by atoms with van der Waals surface area (Å²) in [4.78, 5) is 37.8. The Kier molecular flexibility index (Phi) is 4.40. The molecule has 0 aromatic rings. The molecule has 2 aliphatic rings. The van der Waals surface area contributed by atoms with E-state index in [-0.39, 0.29) is 29.7 Å². The Balaban J connectivity index is 1.97. The van der Waals surface area contributed by atoms with E-state index in [1.165, 1.54) is 4.90 Å². The summed E-state index contributed by atoms with van der Waals surface area (Å²) in [6.45, 7) is 7.03. The average molecular weight is 295 g/mol. The fourth-order valence-corrected chi connectivity index (χ4v) is 2.95. The third-order valence-corrected chi connectivity index (χ3v) is 4.92. The highest BCUT2D eigenvalue weighted by molar-refractivity contribution is 6.04. The van der Waals surface area contributed by atoms with Gasteiger partial charge in [0.2, 0.25) is 5.91 Å². The van der Waals surface area contributed by atoms with Crippen molar-refractivity contribution in [3.63, 3.8) is 0 Å². The van der Waals surface area contributed by atoms with E-state index >= 15 is 0 Å². The molecule has 5 nitrogen and oxygen atoms in total. The van der Waals surface area contributed by atoms with E-state index in [2.05, 4.69) is 0 Å². The monoisotopic (exact) mass is 295 g/mol. The SMILES string of the molecule is CCC(C)(C)C(=O)OC(C)C(=O)N1C(=O)C2CCCCC21. The van der Waals surface area contributed by atoms with Crippen LogP contribution in [0.5, 0.6) is 0 Å². The van der Waals surface area contributed by atoms with Crippen LogP contribution in [0.2, 0.25) is 0 Å². The molecule has 2 amide bonds. The van der Waals surface area contributed by atoms with Gasteiger partial charge >= 0.3 is 5.97 Å². The Labute approximate surface area is 126 Å². The highest BCUT2D eigenvalue weighted by atomic mass is 16.5. The molecule has 3 atom stereocenters. The van der Waals surface area contributed by atoms with Crippen LogP contribution in [0, 0.1) is 11.3 Å². The molecule has 0 aromatic heterocycles. The van der Waals surface area contributed by atoms with Gasteiger partial charge in [-0.25, -0.2) is 0 Å². The lowest BCUT2D eigenvalue weighted by atomic mass is 9.76. The fraction of sp³-hybridized carbons (Fsp3) is 0.812. The van der Waals surface area contributed by atoms with Gasteiger partial charge < -0.3 is 4.74 Å². The van der Waals surface area contributed by atoms with E-state index in [0.717, 1.165) is 25.7 Å². The van der Waals surface area contributed by atoms with Crippen molar-refractivity contribution < 1.29 is 19.1 Å². The normalized spacial score (nSPS) is 26.7. The Hall–Kier alpha value is -1.39. The maximum Gasteiger partial charge on any atom is 0.312 e. The summed E-state index contributed by atoms with van der Waals surface area (Å²) in [6.07, 6.45) is 3.61. The molecule has 0 aromatic carbocycles. The Morgan fingerprint density at radius 3 is 2.57 bits per heavy atom. The number of nitrogens with zero attached hydrogens (tertiary/aromatic N) is 1. The quantitative estimate of drug-likeness (QED) is 0.589. The van der Waals surface area contributed by atoms with Gasteiger partial charge in [0.1, 0.15) is 0 Å². The van der Waals surface area contributed by atoms with Gasteiger partial charge in [0.15, 0.2) is 6.10 Å². The molecule has 21 heavy (non-hydrogen) atoms. The van der Waals surface area contributed by atoms with Crippen LogP contribution in [-0.2, 0) is 19.1 Å². The standard InChI is InChI=1S/C16H25NO4/c1-5-16(3,4)15(20)21-10(2)13(18)17-12-9-7-6-8-11(12)14(17)19/h10-12H,5-9H2,1-4H3. The number of likely N-dealkylation sites (tertiary alicyclic amines) is 1. The number of hydrogen-bond donors (Lipinski definition) is 0. The third-order valence-electron chi connectivity index (χ3n) is 4.92. The molecule has 1 aliphatic heterocycles. The van der Waals surface area contributed by atoms with Gasteiger partial charge in [-0.3, -0.25) is 19.3 Å². The van der Waals surface area contributed by atoms with Crippen LogP contribution in [0.25, 0.3) is 0 Å². The fourth-order valence-electron chi connectivity index (χ4n) is 2.95. The molecule has 0 bridgehead atoms. The Morgan fingerprint density at radius 2 is 1.95 bits per heavy atom. The van der Waals surface area contributed by atoms with Crippen LogP contribution >= 0.6 is 0 Å². The predicted octanol–water partition coefficient (Wildman–Crippen LogP) is 2.28. The van der Waals surface area contributed by atoms with Gasteiger partial charge in [0, 0.05) is 0 Å². The number of esters is 1. The molecule has 0 radical (unpaired) electrons. The van der Waals surface area contributed by atoms with Crippen molar-refractivity contribution in [2.75, 3.05) is 0 Å². The van der Waals surface area contributed by atoms with Crippen LogP contribution in [-0.4, -0.2) is 34.8 Å². The summed E-state index contributed by atoms with van der Waals surface area (Å²) in [5.41, 5.74) is -0.610. The number of fused-ring (bicyclic) bond motifs is 1. The van der Waals surface area contributed by atoms with E-state index in [1.807, 2.05) is 6.92 Å². The molecule has 0 spiro atoms. The summed E-state index contributed by atoms with van der Waals surface area (Å²) in [5.74, 6) is -0.845. The number of ether oxygens (including phenoxy) is 1. The van der Waals surface area contributed by atoms with Crippen molar-refractivity contribution in [2.24, 2.45) is 11.3 Å². The number of carbonyl (C=O) groups is 3. The second kappa shape index (κ2) is 5.78. The zero-order valence-electron chi connectivity index (χ0n) is 13.3. The van der Waals surface area contributed by atoms with Crippen LogP contribution in [0.15, 0.2) is 0 Å². The largest absolute Gasteiger partial charge is 0.452 e. The summed E-state index contributed by atoms with van der Waals surface area (Å²) in [5, 5.41) is 0. The molecule has 2 fully saturated rings. The first-order valence-corrected chi connectivity index (χ1v) is 7.87. The van der Waals surface area contributed by atoms with Crippen molar-refractivity contribution in [1.29, 1.82) is 0 Å². The first kappa shape index (κ1) is 16.0. The van der Waals surface area contributed by atoms with Gasteiger partial charge in [-0.2, -0.15) is 0 Å². The molecule has 3 unspecified atom stereocenters. The molecule has 1 heterocycles. The van der Waals surface area contributed by atoms with Crippen molar-refractivity contribution in [2.45, 2.75) is 71.9 Å². The van der Waals surface area contributed by atoms with Gasteiger partial charge in [-0.1, -0.05) is 19.8 Å². The number of β-lactam (4-membered cyclic amide) rings is 1. The highest BCUT2D eigenvalue weighted by Crippen LogP contribution is 2.39. The van der Waals surface area contributed by atoms with Gasteiger partial charge in [0.25, 0.3) is 5.91 Å². The highest BCUT2D eigenvalue weighted by Gasteiger charge is 2.52. The first-order chi connectivity index (χ1) is 9.79. The van der Waals surface area contributed by atoms with Crippen LogP contribution in [0.1, 0.15) is 59.8 Å². The summed E-state index contributed by atoms with van der Waals surface area (Å²) in [6, 6.07) is 0.0269. The number of amides is 2. The maximum atomic E-state index is 12.4. The predicted molar refractivity (Wildman–Crippen MR) is 77.2 cm³/mol. The molecule has 1 saturated heterocycles. The zero-order chi connectivity index (χ0) is 15.8. The number of rotatable bonds is 4. The lowest BCUT2D eigenvalue weighted by molar-refractivity contribution is -0.180. The van der Waals surface area contributed by atoms with E-state index in [9.17, 15) is 14.4 Å². The van der Waals surface area contributed by atoms with Gasteiger partial charge in [0.05, 0.1) is 17.4 Å². The zero-order valence-corrected chi connectivity index (χ0v) is 13.3. The van der Waals surface area contributed by atoms with E-state index in [4.69, 9.17) is 4.74 Å². The van der Waals surface area contributed by atoms with Crippen LogP contribution < -0.4 is 0 Å². The second-order valence-corrected chi connectivity index (χ2v) is 6.79. The van der Waals surface area contributed by atoms with E-state index in [1.54, 1.807) is 20.8 Å². The lowest BCUT2D eigenvalue weighted by Gasteiger charge is -2.48. The summed E-state index contributed by atoms with van der Waals surface area (Å²) < 4.78 is 5.27. The van der Waals surface area contributed by atoms with Crippen LogP contribution in [0.3, 0.4) is 0 Å². The van der Waals surface area contributed by atoms with Crippen molar-refractivity contribution in [3.05, 3.63) is 0 Å². The lowest BCUT2D eigenvalue weighted by Crippen LogP contribution is -2.65. The summed E-state index contributed by atoms with van der Waals surface area (Å²) in [7, 11) is 0. The molecule has 0 N–H and O–H groups in total. The topological polar surface area (TPSA) is 63.7 Å². The maximum absolute atomic E-state index is 12.4. The minimum Gasteiger partial charge on any atom is -0.452 e. The van der Waals surface area contributed by atoms with E-state index < -0.39 is 11.5 Å². The van der Waals surface area contributed by atoms with E-state index in [0.29, 0.717) is 6.42 Å². The van der Waals surface area contributed by atoms with Gasteiger partial charge in [-0.05, 0) is 40.0 Å². The molecule has 1 aliphatic carbocycles. The molecular weight excluding hydrogens is 270 g/mol. The number of hydrogen-bond acceptors (Lipinski definition) is 4. The Bertz CT molecular complexity index is 457.